The Bertz CT molecular complexity index is 1570. The fraction of sp³-hybridized carbons (Fsp3) is 0.143. The van der Waals surface area contributed by atoms with Crippen LogP contribution in [0.25, 0.3) is 0 Å². The number of sulfonamides is 2. The smallest absolute Gasteiger partial charge is 0.236 e. The molecule has 0 spiro atoms. The first-order chi connectivity index (χ1) is 18.0. The molecule has 0 unspecified atom stereocenters. The predicted octanol–water partition coefficient (Wildman–Crippen LogP) is 4.23. The molecule has 196 valence electrons. The van der Waals surface area contributed by atoms with Crippen molar-refractivity contribution in [2.75, 3.05) is 20.9 Å². The molecule has 0 heterocycles. The van der Waals surface area contributed by atoms with Gasteiger partial charge in [0, 0.05) is 22.7 Å². The topological polar surface area (TPSA) is 144 Å². The molecule has 1 aliphatic carbocycles. The monoisotopic (exact) mass is 548 g/mol. The lowest BCUT2D eigenvalue weighted by atomic mass is 9.84. The van der Waals surface area contributed by atoms with Crippen LogP contribution in [0.15, 0.2) is 84.9 Å². The molecule has 4 aromatic carbocycles. The summed E-state index contributed by atoms with van der Waals surface area (Å²) < 4.78 is 56.1. The first-order valence-corrected chi connectivity index (χ1v) is 15.3. The average molecular weight is 549 g/mol. The van der Waals surface area contributed by atoms with Gasteiger partial charge >= 0.3 is 0 Å². The van der Waals surface area contributed by atoms with E-state index in [0.717, 1.165) is 22.3 Å². The van der Waals surface area contributed by atoms with Crippen LogP contribution in [-0.2, 0) is 44.4 Å². The van der Waals surface area contributed by atoms with Crippen molar-refractivity contribution in [3.63, 3.8) is 0 Å². The summed E-state index contributed by atoms with van der Waals surface area (Å²) in [6, 6.07) is 24.5. The molecule has 0 aromatic heterocycles. The zero-order valence-corrected chi connectivity index (χ0v) is 22.1. The van der Waals surface area contributed by atoms with Crippen molar-refractivity contribution in [3.8, 4) is 0 Å². The van der Waals surface area contributed by atoms with Crippen LogP contribution >= 0.6 is 0 Å². The molecule has 6 N–H and O–H groups in total. The number of anilines is 4. The van der Waals surface area contributed by atoms with E-state index in [4.69, 9.17) is 11.5 Å². The minimum absolute atomic E-state index is 0.160. The van der Waals surface area contributed by atoms with Gasteiger partial charge in [0.25, 0.3) is 0 Å². The molecular formula is C28H28N4O4S2. The summed E-state index contributed by atoms with van der Waals surface area (Å²) in [6.07, 6.45) is 1.31. The van der Waals surface area contributed by atoms with Crippen molar-refractivity contribution in [3.05, 3.63) is 118 Å². The number of nitrogen functional groups attached to an aromatic ring is 2. The quantitative estimate of drug-likeness (QED) is 0.214. The molecule has 4 aromatic rings. The van der Waals surface area contributed by atoms with E-state index in [1.54, 1.807) is 48.5 Å². The largest absolute Gasteiger partial charge is 0.399 e. The third-order valence-electron chi connectivity index (χ3n) is 6.38. The van der Waals surface area contributed by atoms with E-state index < -0.39 is 20.0 Å². The van der Waals surface area contributed by atoms with Crippen LogP contribution < -0.4 is 20.9 Å². The van der Waals surface area contributed by atoms with Crippen molar-refractivity contribution >= 4 is 42.8 Å². The summed E-state index contributed by atoms with van der Waals surface area (Å²) in [7, 11) is -7.23. The van der Waals surface area contributed by atoms with Gasteiger partial charge in [0.1, 0.15) is 0 Å². The molecule has 0 aliphatic heterocycles. The summed E-state index contributed by atoms with van der Waals surface area (Å²) in [5.41, 5.74) is 19.1. The zero-order valence-electron chi connectivity index (χ0n) is 20.5. The highest BCUT2D eigenvalue weighted by atomic mass is 32.2. The maximum Gasteiger partial charge on any atom is 0.236 e. The normalized spacial score (nSPS) is 12.8. The fourth-order valence-electron chi connectivity index (χ4n) is 4.59. The van der Waals surface area contributed by atoms with Gasteiger partial charge in [-0.3, -0.25) is 9.44 Å². The number of hydrogen-bond acceptors (Lipinski definition) is 6. The van der Waals surface area contributed by atoms with Gasteiger partial charge in [0.2, 0.25) is 20.0 Å². The predicted molar refractivity (Wildman–Crippen MR) is 153 cm³/mol. The van der Waals surface area contributed by atoms with Crippen LogP contribution in [0.3, 0.4) is 0 Å². The van der Waals surface area contributed by atoms with Crippen molar-refractivity contribution in [1.82, 2.24) is 0 Å². The van der Waals surface area contributed by atoms with E-state index in [2.05, 4.69) is 9.44 Å². The SMILES string of the molecule is Nc1ccc(NS(=O)(=O)Cc2ccc3c(c2)Cc2cc(CS(=O)(=O)Nc4ccc(N)cc4)ccc2C3)cc1. The Labute approximate surface area is 222 Å². The Kier molecular flexibility index (Phi) is 6.77. The second kappa shape index (κ2) is 10.0. The average Bonchev–Trinajstić information content (AvgIpc) is 2.85. The van der Waals surface area contributed by atoms with E-state index in [1.165, 1.54) is 0 Å². The Hall–Kier alpha value is -4.02. The standard InChI is InChI=1S/C28H28N4O4S2/c29-25-5-9-27(10-6-25)31-37(33,34)17-19-1-3-21-15-22-4-2-20(14-24(22)16-23(21)13-19)18-38(35,36)32-28-11-7-26(30)8-12-28/h1-14,31-32H,15-18,29-30H2. The third-order valence-corrected chi connectivity index (χ3v) is 8.90. The first-order valence-electron chi connectivity index (χ1n) is 12.0. The van der Waals surface area contributed by atoms with Crippen LogP contribution in [0.4, 0.5) is 22.7 Å². The number of benzene rings is 4. The van der Waals surface area contributed by atoms with Gasteiger partial charge in [-0.1, -0.05) is 36.4 Å². The number of fused-ring (bicyclic) bond motifs is 2. The summed E-state index contributed by atoms with van der Waals surface area (Å²) in [5, 5.41) is 0. The summed E-state index contributed by atoms with van der Waals surface area (Å²) in [6.45, 7) is 0. The molecule has 0 bridgehead atoms. The molecule has 0 radical (unpaired) electrons. The zero-order chi connectivity index (χ0) is 26.9. The second-order valence-electron chi connectivity index (χ2n) is 9.53. The van der Waals surface area contributed by atoms with Gasteiger partial charge in [-0.25, -0.2) is 16.8 Å². The fourth-order valence-corrected chi connectivity index (χ4v) is 6.97. The van der Waals surface area contributed by atoms with Gasteiger partial charge in [-0.15, -0.1) is 0 Å². The molecular weight excluding hydrogens is 520 g/mol. The minimum Gasteiger partial charge on any atom is -0.399 e. The minimum atomic E-state index is -3.61. The molecule has 1 aliphatic rings. The lowest BCUT2D eigenvalue weighted by Gasteiger charge is -2.21. The van der Waals surface area contributed by atoms with Crippen molar-refractivity contribution in [2.45, 2.75) is 24.3 Å². The summed E-state index contributed by atoms with van der Waals surface area (Å²) >= 11 is 0. The Balaban J connectivity index is 1.29. The highest BCUT2D eigenvalue weighted by Gasteiger charge is 2.20. The summed E-state index contributed by atoms with van der Waals surface area (Å²) in [5.74, 6) is -0.320. The second-order valence-corrected chi connectivity index (χ2v) is 13.0. The van der Waals surface area contributed by atoms with Gasteiger partial charge in [-0.2, -0.15) is 0 Å². The number of hydrogen-bond donors (Lipinski definition) is 4. The lowest BCUT2D eigenvalue weighted by Crippen LogP contribution is -2.16. The molecule has 8 nitrogen and oxygen atoms in total. The van der Waals surface area contributed by atoms with E-state index >= 15 is 0 Å². The third kappa shape index (κ3) is 6.27. The van der Waals surface area contributed by atoms with Crippen molar-refractivity contribution in [1.29, 1.82) is 0 Å². The van der Waals surface area contributed by atoms with E-state index in [0.29, 0.717) is 46.7 Å². The molecule has 38 heavy (non-hydrogen) atoms. The summed E-state index contributed by atoms with van der Waals surface area (Å²) in [4.78, 5) is 0. The van der Waals surface area contributed by atoms with Crippen LogP contribution in [0.1, 0.15) is 33.4 Å². The molecule has 0 saturated carbocycles. The molecule has 0 amide bonds. The maximum atomic E-state index is 12.7. The molecule has 0 atom stereocenters. The highest BCUT2D eigenvalue weighted by molar-refractivity contribution is 7.92. The number of rotatable bonds is 8. The van der Waals surface area contributed by atoms with Gasteiger partial charge in [0.05, 0.1) is 11.5 Å². The van der Waals surface area contributed by atoms with E-state index in [9.17, 15) is 16.8 Å². The Morgan fingerprint density at radius 2 is 0.895 bits per heavy atom. The lowest BCUT2D eigenvalue weighted by molar-refractivity contribution is 0.598. The van der Waals surface area contributed by atoms with Crippen molar-refractivity contribution in [2.24, 2.45) is 0 Å². The van der Waals surface area contributed by atoms with Gasteiger partial charge < -0.3 is 11.5 Å². The Morgan fingerprint density at radius 1 is 0.526 bits per heavy atom. The Morgan fingerprint density at radius 3 is 1.29 bits per heavy atom. The van der Waals surface area contributed by atoms with E-state index in [1.807, 2.05) is 36.4 Å². The van der Waals surface area contributed by atoms with Crippen LogP contribution in [0.2, 0.25) is 0 Å². The van der Waals surface area contributed by atoms with E-state index in [-0.39, 0.29) is 11.5 Å². The molecule has 10 heteroatoms. The highest BCUT2D eigenvalue weighted by Crippen LogP contribution is 2.30. The van der Waals surface area contributed by atoms with Crippen LogP contribution in [0, 0.1) is 0 Å². The first kappa shape index (κ1) is 25.6. The van der Waals surface area contributed by atoms with Gasteiger partial charge in [-0.05, 0) is 94.8 Å². The maximum absolute atomic E-state index is 12.7. The van der Waals surface area contributed by atoms with Crippen LogP contribution in [0.5, 0.6) is 0 Å². The van der Waals surface area contributed by atoms with Crippen molar-refractivity contribution < 1.29 is 16.8 Å². The van der Waals surface area contributed by atoms with Gasteiger partial charge in [0.15, 0.2) is 0 Å². The van der Waals surface area contributed by atoms with Crippen LogP contribution in [-0.4, -0.2) is 16.8 Å². The molecule has 0 saturated heterocycles. The number of nitrogens with two attached hydrogens (primary N) is 2. The molecule has 5 rings (SSSR count). The molecule has 0 fully saturated rings. The number of nitrogens with one attached hydrogen (secondary N) is 2.